The molecular formula is C8H7N3O2. The molecule has 0 aliphatic carbocycles. The van der Waals surface area contributed by atoms with Gasteiger partial charge in [-0.05, 0) is 0 Å². The molecule has 0 unspecified atom stereocenters. The average molecular weight is 177 g/mol. The van der Waals surface area contributed by atoms with Gasteiger partial charge in [0.2, 0.25) is 0 Å². The summed E-state index contributed by atoms with van der Waals surface area (Å²) < 4.78 is 0. The van der Waals surface area contributed by atoms with Crippen LogP contribution < -0.4 is 11.2 Å². The van der Waals surface area contributed by atoms with Crippen LogP contribution in [0.4, 0.5) is 0 Å². The highest BCUT2D eigenvalue weighted by atomic mass is 16.2. The molecule has 66 valence electrons. The molecule has 0 bridgehead atoms. The lowest BCUT2D eigenvalue weighted by atomic mass is 10.3. The standard InChI is InChI=1S/C8H7N3O2/c9-4-2-1-3-6-5-10-8(13)11-7(6)12/h1,3,5H,2H2,(H2,10,11,12,13). The van der Waals surface area contributed by atoms with Crippen molar-refractivity contribution in [3.05, 3.63) is 38.7 Å². The van der Waals surface area contributed by atoms with Crippen LogP contribution in [-0.2, 0) is 0 Å². The maximum Gasteiger partial charge on any atom is 0.325 e. The van der Waals surface area contributed by atoms with Gasteiger partial charge < -0.3 is 4.98 Å². The van der Waals surface area contributed by atoms with Gasteiger partial charge in [-0.2, -0.15) is 5.26 Å². The van der Waals surface area contributed by atoms with Crippen LogP contribution in [0.2, 0.25) is 0 Å². The van der Waals surface area contributed by atoms with Crippen molar-refractivity contribution in [2.45, 2.75) is 6.42 Å². The van der Waals surface area contributed by atoms with E-state index < -0.39 is 11.2 Å². The quantitative estimate of drug-likeness (QED) is 0.665. The van der Waals surface area contributed by atoms with Gasteiger partial charge in [-0.3, -0.25) is 9.78 Å². The smallest absolute Gasteiger partial charge is 0.314 e. The molecule has 5 nitrogen and oxygen atoms in total. The fourth-order valence-electron chi connectivity index (χ4n) is 0.783. The van der Waals surface area contributed by atoms with Crippen LogP contribution in [0.1, 0.15) is 12.0 Å². The minimum Gasteiger partial charge on any atom is -0.314 e. The molecule has 0 aromatic carbocycles. The van der Waals surface area contributed by atoms with Crippen molar-refractivity contribution in [2.24, 2.45) is 0 Å². The number of nitriles is 1. The Kier molecular flexibility index (Phi) is 2.82. The summed E-state index contributed by atoms with van der Waals surface area (Å²) in [5.74, 6) is 0. The summed E-state index contributed by atoms with van der Waals surface area (Å²) in [4.78, 5) is 26.0. The summed E-state index contributed by atoms with van der Waals surface area (Å²) in [5, 5.41) is 8.21. The van der Waals surface area contributed by atoms with Crippen LogP contribution in [0.5, 0.6) is 0 Å². The van der Waals surface area contributed by atoms with Crippen LogP contribution in [0.15, 0.2) is 21.9 Å². The number of aromatic nitrogens is 2. The van der Waals surface area contributed by atoms with Crippen molar-refractivity contribution < 1.29 is 0 Å². The highest BCUT2D eigenvalue weighted by molar-refractivity contribution is 5.46. The van der Waals surface area contributed by atoms with Crippen molar-refractivity contribution in [3.8, 4) is 6.07 Å². The SMILES string of the molecule is N#CCC=Cc1c[nH]c(=O)[nH]c1=O. The molecule has 1 rings (SSSR count). The van der Waals surface area contributed by atoms with E-state index in [2.05, 4.69) is 9.97 Å². The third kappa shape index (κ3) is 2.45. The number of nitrogens with one attached hydrogen (secondary N) is 2. The molecule has 0 saturated heterocycles. The van der Waals surface area contributed by atoms with E-state index in [1.807, 2.05) is 6.07 Å². The lowest BCUT2D eigenvalue weighted by Crippen LogP contribution is -2.22. The van der Waals surface area contributed by atoms with Crippen LogP contribution in [-0.4, -0.2) is 9.97 Å². The molecule has 0 saturated carbocycles. The highest BCUT2D eigenvalue weighted by Crippen LogP contribution is 1.90. The van der Waals surface area contributed by atoms with E-state index in [9.17, 15) is 9.59 Å². The van der Waals surface area contributed by atoms with Crippen LogP contribution >= 0.6 is 0 Å². The molecule has 0 atom stereocenters. The van der Waals surface area contributed by atoms with E-state index in [1.54, 1.807) is 6.08 Å². The van der Waals surface area contributed by atoms with E-state index in [0.717, 1.165) is 0 Å². The third-order valence-electron chi connectivity index (χ3n) is 1.35. The Hall–Kier alpha value is -2.09. The zero-order chi connectivity index (χ0) is 9.68. The number of H-pyrrole nitrogens is 2. The zero-order valence-corrected chi connectivity index (χ0v) is 6.70. The first kappa shape index (κ1) is 9.00. The molecule has 0 aliphatic rings. The lowest BCUT2D eigenvalue weighted by molar-refractivity contribution is 1.03. The van der Waals surface area contributed by atoms with E-state index >= 15 is 0 Å². The zero-order valence-electron chi connectivity index (χ0n) is 6.70. The highest BCUT2D eigenvalue weighted by Gasteiger charge is 1.93. The molecule has 1 aromatic heterocycles. The predicted molar refractivity (Wildman–Crippen MR) is 46.9 cm³/mol. The number of nitrogens with zero attached hydrogens (tertiary/aromatic N) is 1. The normalized spacial score (nSPS) is 10.1. The summed E-state index contributed by atoms with van der Waals surface area (Å²) in [6, 6.07) is 1.90. The van der Waals surface area contributed by atoms with Crippen molar-refractivity contribution in [1.82, 2.24) is 9.97 Å². The van der Waals surface area contributed by atoms with Crippen molar-refractivity contribution in [2.75, 3.05) is 0 Å². The first-order valence-electron chi connectivity index (χ1n) is 3.59. The molecule has 0 fully saturated rings. The minimum absolute atomic E-state index is 0.235. The number of aromatic amines is 2. The van der Waals surface area contributed by atoms with Gasteiger partial charge in [-0.15, -0.1) is 0 Å². The second-order valence-corrected chi connectivity index (χ2v) is 2.29. The first-order chi connectivity index (χ1) is 6.24. The van der Waals surface area contributed by atoms with Crippen molar-refractivity contribution in [1.29, 1.82) is 5.26 Å². The Morgan fingerprint density at radius 3 is 2.92 bits per heavy atom. The molecule has 2 N–H and O–H groups in total. The second-order valence-electron chi connectivity index (χ2n) is 2.29. The molecular weight excluding hydrogens is 170 g/mol. The Morgan fingerprint density at radius 1 is 1.54 bits per heavy atom. The maximum atomic E-state index is 11.0. The summed E-state index contributed by atoms with van der Waals surface area (Å²) in [5.41, 5.74) is -0.671. The molecule has 1 aromatic rings. The van der Waals surface area contributed by atoms with E-state index in [-0.39, 0.29) is 6.42 Å². The van der Waals surface area contributed by atoms with Gasteiger partial charge in [0.15, 0.2) is 0 Å². The second kappa shape index (κ2) is 4.07. The van der Waals surface area contributed by atoms with E-state index in [4.69, 9.17) is 5.26 Å². The average Bonchev–Trinajstić information content (AvgIpc) is 2.09. The first-order valence-corrected chi connectivity index (χ1v) is 3.59. The minimum atomic E-state index is -0.539. The van der Waals surface area contributed by atoms with Gasteiger partial charge in [0, 0.05) is 6.20 Å². The Morgan fingerprint density at radius 2 is 2.31 bits per heavy atom. The molecule has 13 heavy (non-hydrogen) atoms. The monoisotopic (exact) mass is 177 g/mol. The molecule has 0 radical (unpaired) electrons. The number of rotatable bonds is 2. The summed E-state index contributed by atoms with van der Waals surface area (Å²) in [6.45, 7) is 0. The predicted octanol–water partition coefficient (Wildman–Crippen LogP) is -0.00992. The summed E-state index contributed by atoms with van der Waals surface area (Å²) in [7, 11) is 0. The number of hydrogen-bond acceptors (Lipinski definition) is 3. The van der Waals surface area contributed by atoms with Gasteiger partial charge in [-0.1, -0.05) is 12.2 Å². The van der Waals surface area contributed by atoms with Gasteiger partial charge in [0.1, 0.15) is 0 Å². The fourth-order valence-corrected chi connectivity index (χ4v) is 0.783. The fraction of sp³-hybridized carbons (Fsp3) is 0.125. The molecule has 0 spiro atoms. The van der Waals surface area contributed by atoms with Gasteiger partial charge in [0.05, 0.1) is 18.1 Å². The Bertz CT molecular complexity index is 461. The van der Waals surface area contributed by atoms with E-state index in [0.29, 0.717) is 5.56 Å². The van der Waals surface area contributed by atoms with Crippen molar-refractivity contribution >= 4 is 6.08 Å². The topological polar surface area (TPSA) is 89.5 Å². The molecule has 1 heterocycles. The largest absolute Gasteiger partial charge is 0.325 e. The Labute approximate surface area is 73.4 Å². The lowest BCUT2D eigenvalue weighted by Gasteiger charge is -1.88. The van der Waals surface area contributed by atoms with Crippen molar-refractivity contribution in [3.63, 3.8) is 0 Å². The molecule has 0 aliphatic heterocycles. The van der Waals surface area contributed by atoms with Crippen LogP contribution in [0, 0.1) is 11.3 Å². The van der Waals surface area contributed by atoms with Gasteiger partial charge in [0.25, 0.3) is 5.56 Å². The van der Waals surface area contributed by atoms with Crippen LogP contribution in [0.25, 0.3) is 6.08 Å². The third-order valence-corrected chi connectivity index (χ3v) is 1.35. The summed E-state index contributed by atoms with van der Waals surface area (Å²) in [6.07, 6.45) is 4.56. The maximum absolute atomic E-state index is 11.0. The van der Waals surface area contributed by atoms with E-state index in [1.165, 1.54) is 12.3 Å². The number of allylic oxidation sites excluding steroid dienone is 1. The van der Waals surface area contributed by atoms with Gasteiger partial charge in [-0.25, -0.2) is 4.79 Å². The Balaban J connectivity index is 2.98. The van der Waals surface area contributed by atoms with Gasteiger partial charge >= 0.3 is 5.69 Å². The summed E-state index contributed by atoms with van der Waals surface area (Å²) >= 11 is 0. The molecule has 0 amide bonds. The number of hydrogen-bond donors (Lipinski definition) is 2. The molecule has 5 heteroatoms. The van der Waals surface area contributed by atoms with Crippen LogP contribution in [0.3, 0.4) is 0 Å².